The van der Waals surface area contributed by atoms with Gasteiger partial charge in [-0.1, -0.05) is 72.8 Å². The quantitative estimate of drug-likeness (QED) is 0.430. The van der Waals surface area contributed by atoms with Crippen molar-refractivity contribution in [1.82, 2.24) is 10.2 Å². The van der Waals surface area contributed by atoms with Crippen molar-refractivity contribution in [2.45, 2.75) is 0 Å². The molecule has 5 aromatic rings. The van der Waals surface area contributed by atoms with Crippen molar-refractivity contribution in [2.75, 3.05) is 4.90 Å². The lowest BCUT2D eigenvalue weighted by atomic mass is 10.0. The zero-order valence-corrected chi connectivity index (χ0v) is 15.9. The molecule has 0 spiro atoms. The van der Waals surface area contributed by atoms with Crippen LogP contribution in [0.15, 0.2) is 97.2 Å². The normalized spacial score (nSPS) is 10.9. The molecule has 5 nitrogen and oxygen atoms in total. The first-order valence-corrected chi connectivity index (χ1v) is 9.58. The number of carbonyl (C=O) groups is 2. The van der Waals surface area contributed by atoms with Crippen molar-refractivity contribution >= 4 is 39.2 Å². The molecule has 144 valence electrons. The van der Waals surface area contributed by atoms with Crippen LogP contribution >= 0.6 is 0 Å². The highest BCUT2D eigenvalue weighted by molar-refractivity contribution is 6.30. The summed E-state index contributed by atoms with van der Waals surface area (Å²) in [5.41, 5.74) is 0.910. The number of H-pyrrole nitrogens is 1. The number of anilines is 1. The van der Waals surface area contributed by atoms with Crippen LogP contribution in [0.1, 0.15) is 20.7 Å². The van der Waals surface area contributed by atoms with Gasteiger partial charge < -0.3 is 0 Å². The van der Waals surface area contributed by atoms with Crippen LogP contribution in [0, 0.1) is 0 Å². The van der Waals surface area contributed by atoms with Crippen LogP contribution in [-0.4, -0.2) is 22.0 Å². The van der Waals surface area contributed by atoms with Crippen LogP contribution < -0.4 is 4.90 Å². The van der Waals surface area contributed by atoms with Gasteiger partial charge in [-0.05, 0) is 33.7 Å². The zero-order chi connectivity index (χ0) is 20.5. The summed E-state index contributed by atoms with van der Waals surface area (Å²) in [4.78, 5) is 28.5. The summed E-state index contributed by atoms with van der Waals surface area (Å²) < 4.78 is 0. The van der Waals surface area contributed by atoms with Gasteiger partial charge in [-0.2, -0.15) is 5.10 Å². The lowest BCUT2D eigenvalue weighted by molar-refractivity contribution is 0.0898. The third-order valence-corrected chi connectivity index (χ3v) is 5.17. The highest BCUT2D eigenvalue weighted by atomic mass is 16.2. The molecule has 1 aromatic heterocycles. The Hall–Kier alpha value is -4.25. The van der Waals surface area contributed by atoms with E-state index in [4.69, 9.17) is 0 Å². The number of aromatic amines is 1. The van der Waals surface area contributed by atoms with Gasteiger partial charge in [0.1, 0.15) is 5.82 Å². The smallest absolute Gasteiger partial charge is 0.267 e. The number of nitrogens with zero attached hydrogens (tertiary/aromatic N) is 2. The van der Waals surface area contributed by atoms with Gasteiger partial charge in [-0.3, -0.25) is 14.7 Å². The van der Waals surface area contributed by atoms with Crippen LogP contribution in [0.25, 0.3) is 21.5 Å². The van der Waals surface area contributed by atoms with Crippen LogP contribution in [0.3, 0.4) is 0 Å². The Labute approximate surface area is 172 Å². The van der Waals surface area contributed by atoms with Gasteiger partial charge in [0.25, 0.3) is 11.8 Å². The van der Waals surface area contributed by atoms with Crippen molar-refractivity contribution in [3.63, 3.8) is 0 Å². The number of aromatic nitrogens is 2. The van der Waals surface area contributed by atoms with E-state index in [0.717, 1.165) is 26.4 Å². The topological polar surface area (TPSA) is 66.1 Å². The fraction of sp³-hybridized carbons (Fsp3) is 0. The Morgan fingerprint density at radius 3 is 1.63 bits per heavy atom. The summed E-state index contributed by atoms with van der Waals surface area (Å²) in [5, 5.41) is 10.2. The molecule has 1 N–H and O–H groups in total. The Kier molecular flexibility index (Phi) is 4.33. The third-order valence-electron chi connectivity index (χ3n) is 5.17. The van der Waals surface area contributed by atoms with Gasteiger partial charge >= 0.3 is 0 Å². The van der Waals surface area contributed by atoms with Gasteiger partial charge in [0.2, 0.25) is 0 Å². The largest absolute Gasteiger partial charge is 0.268 e. The minimum Gasteiger partial charge on any atom is -0.268 e. The number of hydrogen-bond acceptors (Lipinski definition) is 3. The van der Waals surface area contributed by atoms with E-state index >= 15 is 0 Å². The molecular formula is C25H17N3O2. The maximum Gasteiger partial charge on any atom is 0.267 e. The molecule has 0 atom stereocenters. The second kappa shape index (κ2) is 7.29. The second-order valence-corrected chi connectivity index (χ2v) is 6.94. The summed E-state index contributed by atoms with van der Waals surface area (Å²) in [6.45, 7) is 0. The lowest BCUT2D eigenvalue weighted by Gasteiger charge is -2.21. The van der Waals surface area contributed by atoms with E-state index < -0.39 is 11.8 Å². The van der Waals surface area contributed by atoms with Crippen molar-refractivity contribution in [3.8, 4) is 0 Å². The Morgan fingerprint density at radius 1 is 0.633 bits per heavy atom. The Bertz CT molecular complexity index is 1290. The van der Waals surface area contributed by atoms with E-state index in [9.17, 15) is 9.59 Å². The number of nitrogens with one attached hydrogen (secondary N) is 1. The monoisotopic (exact) mass is 391 g/mol. The standard InChI is InChI=1S/C25H17N3O2/c29-24(21-13-5-9-17-7-1-3-11-19(17)21)28(23-15-16-26-27-23)25(30)22-14-6-10-18-8-2-4-12-20(18)22/h1-16H,(H,26,27). The highest BCUT2D eigenvalue weighted by Gasteiger charge is 2.29. The van der Waals surface area contributed by atoms with Gasteiger partial charge in [-0.15, -0.1) is 0 Å². The molecule has 30 heavy (non-hydrogen) atoms. The average molecular weight is 391 g/mol. The molecule has 0 unspecified atom stereocenters. The first-order valence-electron chi connectivity index (χ1n) is 9.58. The van der Waals surface area contributed by atoms with Crippen LogP contribution in [0.5, 0.6) is 0 Å². The maximum atomic E-state index is 13.7. The van der Waals surface area contributed by atoms with Crippen LogP contribution in [-0.2, 0) is 0 Å². The minimum atomic E-state index is -0.408. The van der Waals surface area contributed by atoms with Gasteiger partial charge in [0, 0.05) is 17.2 Å². The lowest BCUT2D eigenvalue weighted by Crippen LogP contribution is -2.37. The van der Waals surface area contributed by atoms with Gasteiger partial charge in [0.15, 0.2) is 0 Å². The molecule has 0 saturated carbocycles. The number of rotatable bonds is 3. The highest BCUT2D eigenvalue weighted by Crippen LogP contribution is 2.26. The fourth-order valence-electron chi connectivity index (χ4n) is 3.75. The number of fused-ring (bicyclic) bond motifs is 2. The van der Waals surface area contributed by atoms with Crippen molar-refractivity contribution in [2.24, 2.45) is 0 Å². The second-order valence-electron chi connectivity index (χ2n) is 6.94. The van der Waals surface area contributed by atoms with Crippen molar-refractivity contribution in [1.29, 1.82) is 0 Å². The van der Waals surface area contributed by atoms with Crippen LogP contribution in [0.4, 0.5) is 5.82 Å². The summed E-state index contributed by atoms with van der Waals surface area (Å²) in [7, 11) is 0. The predicted molar refractivity (Wildman–Crippen MR) is 118 cm³/mol. The molecule has 0 bridgehead atoms. The van der Waals surface area contributed by atoms with E-state index in [1.54, 1.807) is 18.2 Å². The zero-order valence-electron chi connectivity index (χ0n) is 15.9. The van der Waals surface area contributed by atoms with Gasteiger partial charge in [0.05, 0.1) is 6.20 Å². The van der Waals surface area contributed by atoms with E-state index in [0.29, 0.717) is 16.9 Å². The molecule has 5 heteroatoms. The third kappa shape index (κ3) is 2.93. The maximum absolute atomic E-state index is 13.7. The Morgan fingerprint density at radius 2 is 1.13 bits per heavy atom. The number of carbonyl (C=O) groups excluding carboxylic acids is 2. The van der Waals surface area contributed by atoms with E-state index in [1.807, 2.05) is 72.8 Å². The van der Waals surface area contributed by atoms with Crippen LogP contribution in [0.2, 0.25) is 0 Å². The molecule has 0 aliphatic heterocycles. The summed E-state index contributed by atoms with van der Waals surface area (Å²) >= 11 is 0. The SMILES string of the molecule is O=C(c1cccc2ccccc12)N(C(=O)c1cccc2ccccc12)c1ccn[nH]1. The van der Waals surface area contributed by atoms with Gasteiger partial charge in [-0.25, -0.2) is 4.90 Å². The molecular weight excluding hydrogens is 374 g/mol. The summed E-state index contributed by atoms with van der Waals surface area (Å²) in [6.07, 6.45) is 1.52. The van der Waals surface area contributed by atoms with Crippen molar-refractivity contribution in [3.05, 3.63) is 108 Å². The molecule has 0 aliphatic rings. The number of benzene rings is 4. The summed E-state index contributed by atoms with van der Waals surface area (Å²) in [5.74, 6) is -0.492. The first kappa shape index (κ1) is 17.8. The molecule has 0 fully saturated rings. The Balaban J connectivity index is 1.68. The molecule has 4 aromatic carbocycles. The minimum absolute atomic E-state index is 0.325. The fourth-order valence-corrected chi connectivity index (χ4v) is 3.75. The molecule has 2 amide bonds. The average Bonchev–Trinajstić information content (AvgIpc) is 3.32. The van der Waals surface area contributed by atoms with E-state index in [2.05, 4.69) is 10.2 Å². The van der Waals surface area contributed by atoms with Crippen molar-refractivity contribution < 1.29 is 9.59 Å². The number of hydrogen-bond donors (Lipinski definition) is 1. The molecule has 0 saturated heterocycles. The first-order chi connectivity index (χ1) is 14.7. The number of amides is 2. The molecule has 1 heterocycles. The van der Waals surface area contributed by atoms with E-state index in [1.165, 1.54) is 6.20 Å². The molecule has 0 aliphatic carbocycles. The predicted octanol–water partition coefficient (Wildman–Crippen LogP) is 5.20. The molecule has 0 radical (unpaired) electrons. The summed E-state index contributed by atoms with van der Waals surface area (Å²) in [6, 6.07) is 27.9. The van der Waals surface area contributed by atoms with E-state index in [-0.39, 0.29) is 0 Å². The number of imide groups is 1. The molecule has 5 rings (SSSR count).